The van der Waals surface area contributed by atoms with Crippen molar-refractivity contribution >= 4 is 27.5 Å². The third kappa shape index (κ3) is 5.62. The van der Waals surface area contributed by atoms with E-state index >= 15 is 0 Å². The molecule has 0 aliphatic rings. The van der Waals surface area contributed by atoms with E-state index < -0.39 is 22.0 Å². The minimum absolute atomic E-state index is 0.0257. The number of benzene rings is 2. The molecule has 0 fully saturated rings. The molecule has 1 amide bonds. The van der Waals surface area contributed by atoms with Gasteiger partial charge in [-0.2, -0.15) is 0 Å². The van der Waals surface area contributed by atoms with Crippen molar-refractivity contribution in [3.05, 3.63) is 53.6 Å². The van der Waals surface area contributed by atoms with Crippen LogP contribution in [0.4, 0.5) is 0 Å². The zero-order chi connectivity index (χ0) is 19.2. The molecular formula is C17H19ClN2O5S. The van der Waals surface area contributed by atoms with Crippen LogP contribution < -0.4 is 19.7 Å². The standard InChI is InChI=1S/C17H19ClN2O5S/c1-3-24-14-6-8-15(9-7-14)25-12(2)17(21)19-20-26(22,23)16-10-4-13(18)5-11-16/h4-12,20H,3H2,1-2H3,(H,19,21). The first-order valence-electron chi connectivity index (χ1n) is 7.78. The van der Waals surface area contributed by atoms with Gasteiger partial charge in [0, 0.05) is 5.02 Å². The number of hydrazine groups is 1. The lowest BCUT2D eigenvalue weighted by Crippen LogP contribution is -2.47. The van der Waals surface area contributed by atoms with Gasteiger partial charge >= 0.3 is 0 Å². The normalized spacial score (nSPS) is 12.3. The molecule has 9 heteroatoms. The number of hydrogen-bond donors (Lipinski definition) is 2. The lowest BCUT2D eigenvalue weighted by Gasteiger charge is -2.15. The average Bonchev–Trinajstić information content (AvgIpc) is 2.62. The van der Waals surface area contributed by atoms with Crippen LogP contribution in [-0.4, -0.2) is 27.0 Å². The van der Waals surface area contributed by atoms with Crippen LogP contribution in [0, 0.1) is 0 Å². The van der Waals surface area contributed by atoms with Gasteiger partial charge in [-0.3, -0.25) is 10.2 Å². The number of sulfonamides is 1. The van der Waals surface area contributed by atoms with E-state index in [-0.39, 0.29) is 4.90 Å². The van der Waals surface area contributed by atoms with E-state index in [4.69, 9.17) is 21.1 Å². The second-order valence-electron chi connectivity index (χ2n) is 5.21. The van der Waals surface area contributed by atoms with Crippen LogP contribution in [0.5, 0.6) is 11.5 Å². The third-order valence-corrected chi connectivity index (χ3v) is 4.76. The molecule has 1 atom stereocenters. The predicted molar refractivity (Wildman–Crippen MR) is 97.6 cm³/mol. The zero-order valence-corrected chi connectivity index (χ0v) is 15.8. The maximum absolute atomic E-state index is 12.1. The van der Waals surface area contributed by atoms with E-state index in [2.05, 4.69) is 5.43 Å². The number of amides is 1. The van der Waals surface area contributed by atoms with Crippen LogP contribution in [0.25, 0.3) is 0 Å². The minimum Gasteiger partial charge on any atom is -0.494 e. The molecule has 2 rings (SSSR count). The van der Waals surface area contributed by atoms with E-state index in [1.165, 1.54) is 31.2 Å². The molecule has 26 heavy (non-hydrogen) atoms. The maximum atomic E-state index is 12.1. The fourth-order valence-corrected chi connectivity index (χ4v) is 2.90. The first-order chi connectivity index (χ1) is 12.3. The number of rotatable bonds is 8. The lowest BCUT2D eigenvalue weighted by atomic mass is 10.3. The zero-order valence-electron chi connectivity index (χ0n) is 14.2. The highest BCUT2D eigenvalue weighted by Gasteiger charge is 2.19. The van der Waals surface area contributed by atoms with Gasteiger partial charge in [0.25, 0.3) is 15.9 Å². The van der Waals surface area contributed by atoms with Crippen molar-refractivity contribution in [2.24, 2.45) is 0 Å². The van der Waals surface area contributed by atoms with Gasteiger partial charge in [-0.1, -0.05) is 11.6 Å². The van der Waals surface area contributed by atoms with Crippen LogP contribution in [0.3, 0.4) is 0 Å². The summed E-state index contributed by atoms with van der Waals surface area (Å²) in [5.41, 5.74) is 2.13. The molecule has 0 bridgehead atoms. The predicted octanol–water partition coefficient (Wildman–Crippen LogP) is 2.52. The van der Waals surface area contributed by atoms with Crippen molar-refractivity contribution in [3.63, 3.8) is 0 Å². The van der Waals surface area contributed by atoms with Crippen molar-refractivity contribution < 1.29 is 22.7 Å². The maximum Gasteiger partial charge on any atom is 0.275 e. The smallest absolute Gasteiger partial charge is 0.275 e. The highest BCUT2D eigenvalue weighted by Crippen LogP contribution is 2.18. The molecule has 2 N–H and O–H groups in total. The highest BCUT2D eigenvalue weighted by molar-refractivity contribution is 7.89. The van der Waals surface area contributed by atoms with Gasteiger partial charge in [0.05, 0.1) is 11.5 Å². The molecule has 2 aromatic rings. The Morgan fingerprint density at radius 1 is 1.08 bits per heavy atom. The summed E-state index contributed by atoms with van der Waals surface area (Å²) >= 11 is 5.73. The Morgan fingerprint density at radius 2 is 1.65 bits per heavy atom. The second kappa shape index (κ2) is 8.88. The molecule has 0 aliphatic carbocycles. The summed E-state index contributed by atoms with van der Waals surface area (Å²) in [5, 5.41) is 0.408. The van der Waals surface area contributed by atoms with Gasteiger partial charge in [-0.15, -0.1) is 4.83 Å². The Hall–Kier alpha value is -2.29. The first kappa shape index (κ1) is 20.0. The monoisotopic (exact) mass is 398 g/mol. The molecular weight excluding hydrogens is 380 g/mol. The van der Waals surface area contributed by atoms with E-state index in [0.29, 0.717) is 23.1 Å². The number of carbonyl (C=O) groups excluding carboxylic acids is 1. The number of carbonyl (C=O) groups is 1. The molecule has 0 heterocycles. The number of hydrogen-bond acceptors (Lipinski definition) is 5. The number of ether oxygens (including phenoxy) is 2. The summed E-state index contributed by atoms with van der Waals surface area (Å²) < 4.78 is 35.0. The fourth-order valence-electron chi connectivity index (χ4n) is 1.93. The topological polar surface area (TPSA) is 93.7 Å². The summed E-state index contributed by atoms with van der Waals surface area (Å²) in [4.78, 5) is 14.0. The average molecular weight is 399 g/mol. The summed E-state index contributed by atoms with van der Waals surface area (Å²) in [6, 6.07) is 12.3. The van der Waals surface area contributed by atoms with Crippen molar-refractivity contribution in [1.82, 2.24) is 10.3 Å². The van der Waals surface area contributed by atoms with Gasteiger partial charge in [-0.05, 0) is 62.4 Å². The van der Waals surface area contributed by atoms with Crippen LogP contribution >= 0.6 is 11.6 Å². The van der Waals surface area contributed by atoms with Crippen LogP contribution in [0.15, 0.2) is 53.4 Å². The summed E-state index contributed by atoms with van der Waals surface area (Å²) in [7, 11) is -3.90. The molecule has 0 saturated heterocycles. The third-order valence-electron chi connectivity index (χ3n) is 3.25. The van der Waals surface area contributed by atoms with E-state index in [1.807, 2.05) is 11.8 Å². The Kier molecular flexibility index (Phi) is 6.84. The summed E-state index contributed by atoms with van der Waals surface area (Å²) in [6.45, 7) is 3.93. The summed E-state index contributed by atoms with van der Waals surface area (Å²) in [6.07, 6.45) is -0.916. The molecule has 0 radical (unpaired) electrons. The van der Waals surface area contributed by atoms with Crippen molar-refractivity contribution in [1.29, 1.82) is 0 Å². The molecule has 7 nitrogen and oxygen atoms in total. The Balaban J connectivity index is 1.91. The molecule has 0 spiro atoms. The van der Waals surface area contributed by atoms with Crippen LogP contribution in [0.1, 0.15) is 13.8 Å². The van der Waals surface area contributed by atoms with E-state index in [9.17, 15) is 13.2 Å². The van der Waals surface area contributed by atoms with E-state index in [0.717, 1.165) is 0 Å². The van der Waals surface area contributed by atoms with Gasteiger partial charge in [0.1, 0.15) is 11.5 Å². The molecule has 2 aromatic carbocycles. The molecule has 1 unspecified atom stereocenters. The molecule has 140 valence electrons. The van der Waals surface area contributed by atoms with Crippen LogP contribution in [-0.2, 0) is 14.8 Å². The molecule has 0 aromatic heterocycles. The van der Waals surface area contributed by atoms with Gasteiger partial charge in [-0.25, -0.2) is 8.42 Å². The largest absolute Gasteiger partial charge is 0.494 e. The minimum atomic E-state index is -3.90. The second-order valence-corrected chi connectivity index (χ2v) is 7.33. The highest BCUT2D eigenvalue weighted by atomic mass is 35.5. The van der Waals surface area contributed by atoms with Crippen molar-refractivity contribution in [2.45, 2.75) is 24.8 Å². The lowest BCUT2D eigenvalue weighted by molar-refractivity contribution is -0.127. The fraction of sp³-hybridized carbons (Fsp3) is 0.235. The van der Waals surface area contributed by atoms with Gasteiger partial charge in [0.2, 0.25) is 0 Å². The Morgan fingerprint density at radius 3 is 2.23 bits per heavy atom. The van der Waals surface area contributed by atoms with Crippen LogP contribution in [0.2, 0.25) is 5.02 Å². The summed E-state index contributed by atoms with van der Waals surface area (Å²) in [5.74, 6) is 0.501. The molecule has 0 aliphatic heterocycles. The quantitative estimate of drug-likeness (QED) is 0.666. The SMILES string of the molecule is CCOc1ccc(OC(C)C(=O)NNS(=O)(=O)c2ccc(Cl)cc2)cc1. The van der Waals surface area contributed by atoms with Gasteiger partial charge < -0.3 is 9.47 Å². The number of halogens is 1. The van der Waals surface area contributed by atoms with Gasteiger partial charge in [0.15, 0.2) is 6.10 Å². The number of nitrogens with one attached hydrogen (secondary N) is 2. The van der Waals surface area contributed by atoms with E-state index in [1.54, 1.807) is 24.3 Å². The Bertz CT molecular complexity index is 838. The van der Waals surface area contributed by atoms with Crippen molar-refractivity contribution in [2.75, 3.05) is 6.61 Å². The Labute approximate surface area is 157 Å². The molecule has 0 saturated carbocycles. The van der Waals surface area contributed by atoms with Crippen molar-refractivity contribution in [3.8, 4) is 11.5 Å². The first-order valence-corrected chi connectivity index (χ1v) is 9.64.